The van der Waals surface area contributed by atoms with E-state index in [-0.39, 0.29) is 36.5 Å². The van der Waals surface area contributed by atoms with Crippen molar-refractivity contribution in [3.8, 4) is 11.5 Å². The van der Waals surface area contributed by atoms with E-state index in [0.717, 1.165) is 11.1 Å². The van der Waals surface area contributed by atoms with Crippen LogP contribution >= 0.6 is 0 Å². The lowest BCUT2D eigenvalue weighted by Gasteiger charge is -2.18. The van der Waals surface area contributed by atoms with Gasteiger partial charge in [-0.05, 0) is 49.2 Å². The number of hydrogen-bond acceptors (Lipinski definition) is 5. The van der Waals surface area contributed by atoms with E-state index in [1.807, 2.05) is 32.0 Å². The predicted octanol–water partition coefficient (Wildman–Crippen LogP) is 1.89. The Kier molecular flexibility index (Phi) is 7.19. The van der Waals surface area contributed by atoms with Gasteiger partial charge in [-0.3, -0.25) is 14.4 Å². The van der Waals surface area contributed by atoms with Crippen molar-refractivity contribution in [3.05, 3.63) is 53.1 Å². The van der Waals surface area contributed by atoms with E-state index in [1.165, 1.54) is 37.3 Å². The number of primary amides is 1. The molecule has 154 valence electrons. The second-order valence-corrected chi connectivity index (χ2v) is 6.65. The molecule has 0 aliphatic carbocycles. The van der Waals surface area contributed by atoms with Gasteiger partial charge in [0.2, 0.25) is 5.91 Å². The Morgan fingerprint density at radius 2 is 1.79 bits per heavy atom. The number of carbonyl (C=O) groups excluding carboxylic acids is 3. The number of carbonyl (C=O) groups is 3. The first-order valence-electron chi connectivity index (χ1n) is 8.93. The zero-order valence-electron chi connectivity index (χ0n) is 16.9. The number of rotatable bonds is 8. The van der Waals surface area contributed by atoms with Crippen molar-refractivity contribution in [1.29, 1.82) is 0 Å². The number of nitrogens with one attached hydrogen (secondary N) is 1. The lowest BCUT2D eigenvalue weighted by molar-refractivity contribution is -0.120. The van der Waals surface area contributed by atoms with Gasteiger partial charge >= 0.3 is 0 Å². The molecule has 2 aromatic carbocycles. The Labute approximate surface area is 169 Å². The second-order valence-electron chi connectivity index (χ2n) is 6.65. The third kappa shape index (κ3) is 5.97. The molecule has 2 aromatic rings. The minimum atomic E-state index is -0.623. The first-order chi connectivity index (χ1) is 13.7. The lowest BCUT2D eigenvalue weighted by Crippen LogP contribution is -2.35. The van der Waals surface area contributed by atoms with E-state index in [0.29, 0.717) is 11.3 Å². The number of nitrogens with zero attached hydrogens (tertiary/aromatic N) is 1. The molecule has 0 radical (unpaired) electrons. The van der Waals surface area contributed by atoms with Gasteiger partial charge in [-0.1, -0.05) is 12.1 Å². The molecule has 0 unspecified atom stereocenters. The SMILES string of the molecule is COc1cc(C(=O)N(C)CC(=O)Nc2cc(C)ccc2C)ccc1OCC(N)=O. The molecule has 8 heteroatoms. The number of anilines is 1. The molecule has 0 fully saturated rings. The zero-order chi connectivity index (χ0) is 21.6. The maximum Gasteiger partial charge on any atom is 0.255 e. The molecule has 3 amide bonds. The van der Waals surface area contributed by atoms with Crippen molar-refractivity contribution in [3.63, 3.8) is 0 Å². The highest BCUT2D eigenvalue weighted by Gasteiger charge is 2.18. The van der Waals surface area contributed by atoms with Crippen molar-refractivity contribution in [1.82, 2.24) is 4.90 Å². The van der Waals surface area contributed by atoms with Gasteiger partial charge in [0.15, 0.2) is 18.1 Å². The Balaban J connectivity index is 2.06. The molecule has 0 bridgehead atoms. The van der Waals surface area contributed by atoms with Crippen LogP contribution in [0.15, 0.2) is 36.4 Å². The van der Waals surface area contributed by atoms with Gasteiger partial charge in [0.1, 0.15) is 0 Å². The van der Waals surface area contributed by atoms with Gasteiger partial charge in [-0.25, -0.2) is 0 Å². The molecule has 3 N–H and O–H groups in total. The van der Waals surface area contributed by atoms with E-state index < -0.39 is 5.91 Å². The molecule has 0 atom stereocenters. The Hall–Kier alpha value is -3.55. The van der Waals surface area contributed by atoms with Crippen LogP contribution in [0.25, 0.3) is 0 Å². The summed E-state index contributed by atoms with van der Waals surface area (Å²) in [6.45, 7) is 3.42. The summed E-state index contributed by atoms with van der Waals surface area (Å²) in [6, 6.07) is 10.3. The van der Waals surface area contributed by atoms with Crippen LogP contribution in [0.5, 0.6) is 11.5 Å². The summed E-state index contributed by atoms with van der Waals surface area (Å²) in [6.07, 6.45) is 0. The van der Waals surface area contributed by atoms with E-state index in [9.17, 15) is 14.4 Å². The fraction of sp³-hybridized carbons (Fsp3) is 0.286. The number of hydrogen-bond donors (Lipinski definition) is 2. The highest BCUT2D eigenvalue weighted by molar-refractivity contribution is 5.99. The van der Waals surface area contributed by atoms with Crippen LogP contribution in [-0.4, -0.2) is 49.9 Å². The number of amides is 3. The molecule has 8 nitrogen and oxygen atoms in total. The number of nitrogens with two attached hydrogens (primary N) is 1. The van der Waals surface area contributed by atoms with Crippen LogP contribution in [0, 0.1) is 13.8 Å². The van der Waals surface area contributed by atoms with Crippen LogP contribution < -0.4 is 20.5 Å². The summed E-state index contributed by atoms with van der Waals surface area (Å²) in [7, 11) is 2.96. The zero-order valence-corrected chi connectivity index (χ0v) is 16.9. The summed E-state index contributed by atoms with van der Waals surface area (Å²) in [5, 5.41) is 2.83. The van der Waals surface area contributed by atoms with Crippen molar-refractivity contribution in [2.24, 2.45) is 5.73 Å². The van der Waals surface area contributed by atoms with E-state index in [4.69, 9.17) is 15.2 Å². The molecular formula is C21H25N3O5. The van der Waals surface area contributed by atoms with Gasteiger partial charge in [0.05, 0.1) is 13.7 Å². The number of ether oxygens (including phenoxy) is 2. The van der Waals surface area contributed by atoms with Crippen molar-refractivity contribution in [2.45, 2.75) is 13.8 Å². The Bertz CT molecular complexity index is 927. The fourth-order valence-corrected chi connectivity index (χ4v) is 2.64. The van der Waals surface area contributed by atoms with Crippen LogP contribution in [0.4, 0.5) is 5.69 Å². The third-order valence-electron chi connectivity index (χ3n) is 4.18. The van der Waals surface area contributed by atoms with Crippen LogP contribution in [0.2, 0.25) is 0 Å². The number of methoxy groups -OCH3 is 1. The summed E-state index contributed by atoms with van der Waals surface area (Å²) in [4.78, 5) is 37.2. The van der Waals surface area contributed by atoms with Crippen LogP contribution in [0.1, 0.15) is 21.5 Å². The number of benzene rings is 2. The maximum atomic E-state index is 12.7. The molecule has 29 heavy (non-hydrogen) atoms. The summed E-state index contributed by atoms with van der Waals surface area (Å²) in [5.74, 6) is -0.714. The highest BCUT2D eigenvalue weighted by Crippen LogP contribution is 2.28. The molecule has 0 aliphatic rings. The Morgan fingerprint density at radius 1 is 1.07 bits per heavy atom. The quantitative estimate of drug-likeness (QED) is 0.704. The van der Waals surface area contributed by atoms with Crippen molar-refractivity contribution < 1.29 is 23.9 Å². The van der Waals surface area contributed by atoms with E-state index >= 15 is 0 Å². The van der Waals surface area contributed by atoms with Gasteiger partial charge in [-0.2, -0.15) is 0 Å². The maximum absolute atomic E-state index is 12.7. The molecular weight excluding hydrogens is 374 g/mol. The van der Waals surface area contributed by atoms with Crippen molar-refractivity contribution in [2.75, 3.05) is 32.6 Å². The van der Waals surface area contributed by atoms with Crippen LogP contribution in [0.3, 0.4) is 0 Å². The van der Waals surface area contributed by atoms with Crippen molar-refractivity contribution >= 4 is 23.4 Å². The average Bonchev–Trinajstić information content (AvgIpc) is 2.68. The van der Waals surface area contributed by atoms with Gasteiger partial charge in [-0.15, -0.1) is 0 Å². The minimum Gasteiger partial charge on any atom is -0.493 e. The lowest BCUT2D eigenvalue weighted by atomic mass is 10.1. The average molecular weight is 399 g/mol. The fourth-order valence-electron chi connectivity index (χ4n) is 2.64. The van der Waals surface area contributed by atoms with E-state index in [2.05, 4.69) is 5.32 Å². The van der Waals surface area contributed by atoms with Gasteiger partial charge in [0, 0.05) is 18.3 Å². The van der Waals surface area contributed by atoms with E-state index in [1.54, 1.807) is 0 Å². The summed E-state index contributed by atoms with van der Waals surface area (Å²) >= 11 is 0. The monoisotopic (exact) mass is 399 g/mol. The molecule has 0 heterocycles. The molecule has 2 rings (SSSR count). The van der Waals surface area contributed by atoms with Gasteiger partial charge in [0.25, 0.3) is 11.8 Å². The highest BCUT2D eigenvalue weighted by atomic mass is 16.5. The topological polar surface area (TPSA) is 111 Å². The Morgan fingerprint density at radius 3 is 2.45 bits per heavy atom. The van der Waals surface area contributed by atoms with Crippen LogP contribution in [-0.2, 0) is 9.59 Å². The third-order valence-corrected chi connectivity index (χ3v) is 4.18. The standard InChI is InChI=1S/C21H25N3O5/c1-13-5-6-14(2)16(9-13)23-20(26)11-24(3)21(27)15-7-8-17(18(10-15)28-4)29-12-19(22)25/h5-10H,11-12H2,1-4H3,(H2,22,25)(H,23,26). The second kappa shape index (κ2) is 9.59. The smallest absolute Gasteiger partial charge is 0.255 e. The first kappa shape index (κ1) is 21.7. The summed E-state index contributed by atoms with van der Waals surface area (Å²) < 4.78 is 10.5. The largest absolute Gasteiger partial charge is 0.493 e. The molecule has 0 saturated carbocycles. The molecule has 0 saturated heterocycles. The molecule has 0 aliphatic heterocycles. The first-order valence-corrected chi connectivity index (χ1v) is 8.93. The minimum absolute atomic E-state index is 0.117. The predicted molar refractivity (Wildman–Crippen MR) is 109 cm³/mol. The normalized spacial score (nSPS) is 10.2. The molecule has 0 aromatic heterocycles. The molecule has 0 spiro atoms. The van der Waals surface area contributed by atoms with Gasteiger partial charge < -0.3 is 25.4 Å². The number of likely N-dealkylation sites (N-methyl/N-ethyl adjacent to an activating group) is 1. The summed E-state index contributed by atoms with van der Waals surface area (Å²) in [5.41, 5.74) is 8.06. The number of aryl methyl sites for hydroxylation is 2.